The molecule has 0 saturated carbocycles. The molecule has 0 spiro atoms. The predicted octanol–water partition coefficient (Wildman–Crippen LogP) is 3.02. The number of hydrogen-bond acceptors (Lipinski definition) is 6. The number of nitrogens with zero attached hydrogens (tertiary/aromatic N) is 1. The number of imide groups is 1. The van der Waals surface area contributed by atoms with Crippen molar-refractivity contribution in [3.8, 4) is 11.5 Å². The maximum atomic E-state index is 13.1. The molecule has 3 aromatic carbocycles. The summed E-state index contributed by atoms with van der Waals surface area (Å²) in [4.78, 5) is 26.6. The minimum absolute atomic E-state index is 0.169. The Bertz CT molecular complexity index is 1290. The SMILES string of the molecule is COc1ccc2cc([C@@]3(C)NC(=O)N(CCS(=O)(=O)Oc4ccccc4)C3=O)ccc2c1. The summed E-state index contributed by atoms with van der Waals surface area (Å²) < 4.78 is 34.9. The number of ether oxygens (including phenoxy) is 1. The van der Waals surface area contributed by atoms with Gasteiger partial charge in [0, 0.05) is 6.54 Å². The van der Waals surface area contributed by atoms with Gasteiger partial charge in [-0.1, -0.05) is 36.4 Å². The molecule has 1 heterocycles. The highest BCUT2D eigenvalue weighted by Gasteiger charge is 2.49. The Morgan fingerprint density at radius 3 is 2.34 bits per heavy atom. The summed E-state index contributed by atoms with van der Waals surface area (Å²) in [6.07, 6.45) is 0. The molecule has 1 N–H and O–H groups in total. The van der Waals surface area contributed by atoms with E-state index in [-0.39, 0.29) is 12.3 Å². The van der Waals surface area contributed by atoms with E-state index in [0.717, 1.165) is 15.7 Å². The molecule has 1 aliphatic heterocycles. The summed E-state index contributed by atoms with van der Waals surface area (Å²) in [7, 11) is -2.41. The van der Waals surface area contributed by atoms with Crippen molar-refractivity contribution in [3.63, 3.8) is 0 Å². The van der Waals surface area contributed by atoms with Crippen LogP contribution in [0.2, 0.25) is 0 Å². The number of methoxy groups -OCH3 is 1. The monoisotopic (exact) mass is 454 g/mol. The smallest absolute Gasteiger partial charge is 0.325 e. The molecule has 0 unspecified atom stereocenters. The minimum atomic E-state index is -3.99. The van der Waals surface area contributed by atoms with Crippen molar-refractivity contribution in [2.45, 2.75) is 12.5 Å². The van der Waals surface area contributed by atoms with Crippen LogP contribution >= 0.6 is 0 Å². The van der Waals surface area contributed by atoms with E-state index in [0.29, 0.717) is 11.3 Å². The number of urea groups is 1. The average Bonchev–Trinajstić information content (AvgIpc) is 3.00. The van der Waals surface area contributed by atoms with Gasteiger partial charge < -0.3 is 14.2 Å². The van der Waals surface area contributed by atoms with Gasteiger partial charge in [-0.2, -0.15) is 8.42 Å². The molecule has 0 aromatic heterocycles. The summed E-state index contributed by atoms with van der Waals surface area (Å²) in [5, 5.41) is 4.50. The molecule has 1 fully saturated rings. The highest BCUT2D eigenvalue weighted by molar-refractivity contribution is 7.87. The third kappa shape index (κ3) is 4.11. The molecule has 0 bridgehead atoms. The summed E-state index contributed by atoms with van der Waals surface area (Å²) in [6.45, 7) is 1.28. The van der Waals surface area contributed by atoms with Crippen LogP contribution in [0.4, 0.5) is 4.79 Å². The normalized spacial score (nSPS) is 18.6. The number of hydrogen-bond donors (Lipinski definition) is 1. The Balaban J connectivity index is 1.52. The second kappa shape index (κ2) is 8.16. The molecule has 1 saturated heterocycles. The van der Waals surface area contributed by atoms with E-state index < -0.39 is 33.3 Å². The minimum Gasteiger partial charge on any atom is -0.497 e. The summed E-state index contributed by atoms with van der Waals surface area (Å²) in [6, 6.07) is 18.4. The largest absolute Gasteiger partial charge is 0.497 e. The molecule has 32 heavy (non-hydrogen) atoms. The van der Waals surface area contributed by atoms with E-state index in [9.17, 15) is 18.0 Å². The number of amides is 3. The van der Waals surface area contributed by atoms with Crippen LogP contribution in [-0.2, 0) is 20.5 Å². The Hall–Kier alpha value is -3.59. The molecule has 9 heteroatoms. The average molecular weight is 455 g/mol. The number of nitrogens with one attached hydrogen (secondary N) is 1. The molecular formula is C23H22N2O6S. The van der Waals surface area contributed by atoms with Gasteiger partial charge in [0.15, 0.2) is 0 Å². The molecule has 1 aliphatic rings. The van der Waals surface area contributed by atoms with Crippen molar-refractivity contribution >= 4 is 32.8 Å². The van der Waals surface area contributed by atoms with Gasteiger partial charge in [0.25, 0.3) is 5.91 Å². The lowest BCUT2D eigenvalue weighted by Crippen LogP contribution is -2.41. The predicted molar refractivity (Wildman–Crippen MR) is 119 cm³/mol. The van der Waals surface area contributed by atoms with Crippen LogP contribution in [0.15, 0.2) is 66.7 Å². The first-order valence-electron chi connectivity index (χ1n) is 9.91. The molecule has 1 atom stereocenters. The Kier molecular flexibility index (Phi) is 5.52. The summed E-state index contributed by atoms with van der Waals surface area (Å²) in [5.74, 6) is -0.159. The first kappa shape index (κ1) is 21.6. The fourth-order valence-electron chi connectivity index (χ4n) is 3.62. The Morgan fingerprint density at radius 2 is 1.62 bits per heavy atom. The first-order valence-corrected chi connectivity index (χ1v) is 11.5. The van der Waals surface area contributed by atoms with Gasteiger partial charge in [-0.25, -0.2) is 4.79 Å². The maximum absolute atomic E-state index is 13.1. The van der Waals surface area contributed by atoms with Gasteiger partial charge in [0.1, 0.15) is 22.8 Å². The quantitative estimate of drug-likeness (QED) is 0.435. The first-order chi connectivity index (χ1) is 15.2. The number of benzene rings is 3. The fraction of sp³-hybridized carbons (Fsp3) is 0.217. The Morgan fingerprint density at radius 1 is 0.938 bits per heavy atom. The molecule has 3 aromatic rings. The van der Waals surface area contributed by atoms with Crippen LogP contribution in [0.5, 0.6) is 11.5 Å². The third-order valence-electron chi connectivity index (χ3n) is 5.43. The lowest BCUT2D eigenvalue weighted by molar-refractivity contribution is -0.130. The van der Waals surface area contributed by atoms with Crippen molar-refractivity contribution in [2.24, 2.45) is 0 Å². The van der Waals surface area contributed by atoms with Crippen LogP contribution in [0, 0.1) is 0 Å². The molecular weight excluding hydrogens is 432 g/mol. The van der Waals surface area contributed by atoms with Crippen LogP contribution in [-0.4, -0.2) is 44.7 Å². The number of carbonyl (C=O) groups is 2. The van der Waals surface area contributed by atoms with Crippen LogP contribution in [0.3, 0.4) is 0 Å². The van der Waals surface area contributed by atoms with Crippen molar-refractivity contribution in [3.05, 3.63) is 72.3 Å². The second-order valence-corrected chi connectivity index (χ2v) is 9.29. The standard InChI is InChI=1S/C23H22N2O6S/c1-23(18-10-8-17-15-20(30-2)11-9-16(17)14-18)21(26)25(22(27)24-23)12-13-32(28,29)31-19-6-4-3-5-7-19/h3-11,14-15H,12-13H2,1-2H3,(H,24,27)/t23-/m1/s1. The highest BCUT2D eigenvalue weighted by Crippen LogP contribution is 2.32. The molecule has 0 aliphatic carbocycles. The van der Waals surface area contributed by atoms with Crippen LogP contribution < -0.4 is 14.2 Å². The van der Waals surface area contributed by atoms with Crippen LogP contribution in [0.25, 0.3) is 10.8 Å². The van der Waals surface area contributed by atoms with Gasteiger partial charge in [-0.05, 0) is 53.6 Å². The summed E-state index contributed by atoms with van der Waals surface area (Å²) >= 11 is 0. The van der Waals surface area contributed by atoms with E-state index in [4.69, 9.17) is 8.92 Å². The van der Waals surface area contributed by atoms with Crippen LogP contribution in [0.1, 0.15) is 12.5 Å². The lowest BCUT2D eigenvalue weighted by Gasteiger charge is -2.23. The Labute approximate surface area is 185 Å². The van der Waals surface area contributed by atoms with Crippen molar-refractivity contribution in [1.29, 1.82) is 0 Å². The number of para-hydroxylation sites is 1. The zero-order valence-electron chi connectivity index (χ0n) is 17.6. The zero-order valence-corrected chi connectivity index (χ0v) is 18.4. The van der Waals surface area contributed by atoms with E-state index in [1.807, 2.05) is 30.3 Å². The number of rotatable bonds is 7. The van der Waals surface area contributed by atoms with Gasteiger partial charge in [0.2, 0.25) is 0 Å². The zero-order chi connectivity index (χ0) is 22.9. The summed E-state index contributed by atoms with van der Waals surface area (Å²) in [5.41, 5.74) is -0.714. The van der Waals surface area contributed by atoms with Crippen molar-refractivity contribution < 1.29 is 26.9 Å². The van der Waals surface area contributed by atoms with Crippen molar-refractivity contribution in [1.82, 2.24) is 10.2 Å². The van der Waals surface area contributed by atoms with E-state index >= 15 is 0 Å². The fourth-order valence-corrected chi connectivity index (χ4v) is 4.52. The van der Waals surface area contributed by atoms with Gasteiger partial charge in [0.05, 0.1) is 7.11 Å². The van der Waals surface area contributed by atoms with Gasteiger partial charge >= 0.3 is 16.1 Å². The van der Waals surface area contributed by atoms with Gasteiger partial charge in [-0.3, -0.25) is 9.69 Å². The lowest BCUT2D eigenvalue weighted by atomic mass is 9.90. The highest BCUT2D eigenvalue weighted by atomic mass is 32.2. The molecule has 8 nitrogen and oxygen atoms in total. The topological polar surface area (TPSA) is 102 Å². The molecule has 0 radical (unpaired) electrons. The molecule has 3 amide bonds. The second-order valence-electron chi connectivity index (χ2n) is 7.60. The number of fused-ring (bicyclic) bond motifs is 1. The molecule has 166 valence electrons. The van der Waals surface area contributed by atoms with Crippen molar-refractivity contribution in [2.75, 3.05) is 19.4 Å². The maximum Gasteiger partial charge on any atom is 0.325 e. The van der Waals surface area contributed by atoms with E-state index in [1.54, 1.807) is 38.3 Å². The van der Waals surface area contributed by atoms with E-state index in [1.165, 1.54) is 12.1 Å². The van der Waals surface area contributed by atoms with Gasteiger partial charge in [-0.15, -0.1) is 0 Å². The van der Waals surface area contributed by atoms with E-state index in [2.05, 4.69) is 5.32 Å². The number of carbonyl (C=O) groups excluding carboxylic acids is 2. The third-order valence-corrected chi connectivity index (χ3v) is 6.56. The molecule has 4 rings (SSSR count).